The molecule has 0 spiro atoms. The molecule has 5 heteroatoms. The molecule has 1 aliphatic rings. The topological polar surface area (TPSA) is 49.3 Å². The number of carbonyl (C=O) groups is 1. The number of nitrogens with one attached hydrogen (secondary N) is 1. The van der Waals surface area contributed by atoms with Crippen LogP contribution in [0.3, 0.4) is 0 Å². The van der Waals surface area contributed by atoms with Crippen molar-refractivity contribution in [3.63, 3.8) is 0 Å². The maximum atomic E-state index is 14.1. The Labute approximate surface area is 123 Å². The van der Waals surface area contributed by atoms with Gasteiger partial charge in [0, 0.05) is 24.8 Å². The number of benzene rings is 1. The lowest BCUT2D eigenvalue weighted by Crippen LogP contribution is -2.44. The van der Waals surface area contributed by atoms with Gasteiger partial charge < -0.3 is 10.4 Å². The third-order valence-corrected chi connectivity index (χ3v) is 4.26. The van der Waals surface area contributed by atoms with Gasteiger partial charge in [-0.15, -0.1) is 0 Å². The largest absolute Gasteiger partial charge is 0.396 e. The van der Waals surface area contributed by atoms with Gasteiger partial charge in [0.1, 0.15) is 11.6 Å². The molecular formula is C16H21F2NO2. The second-order valence-electron chi connectivity index (χ2n) is 5.91. The summed E-state index contributed by atoms with van der Waals surface area (Å²) in [6.07, 6.45) is 2.82. The van der Waals surface area contributed by atoms with Crippen molar-refractivity contribution in [2.75, 3.05) is 13.2 Å². The van der Waals surface area contributed by atoms with Crippen molar-refractivity contribution < 1.29 is 18.7 Å². The number of aliphatic hydroxyl groups is 1. The quantitative estimate of drug-likeness (QED) is 0.877. The van der Waals surface area contributed by atoms with Crippen LogP contribution in [0.15, 0.2) is 18.2 Å². The molecule has 1 unspecified atom stereocenters. The molecule has 1 fully saturated rings. The number of hydrogen-bond acceptors (Lipinski definition) is 2. The minimum Gasteiger partial charge on any atom is -0.396 e. The molecule has 1 amide bonds. The first kappa shape index (κ1) is 15.9. The van der Waals surface area contributed by atoms with E-state index in [0.29, 0.717) is 19.4 Å². The molecule has 2 rings (SSSR count). The van der Waals surface area contributed by atoms with E-state index in [1.165, 1.54) is 12.1 Å². The summed E-state index contributed by atoms with van der Waals surface area (Å²) in [5.74, 6) is -1.59. The summed E-state index contributed by atoms with van der Waals surface area (Å²) < 4.78 is 27.2. The van der Waals surface area contributed by atoms with Crippen molar-refractivity contribution in [3.05, 3.63) is 35.4 Å². The molecule has 1 saturated carbocycles. The van der Waals surface area contributed by atoms with Gasteiger partial charge in [-0.2, -0.15) is 0 Å². The Morgan fingerprint density at radius 2 is 2.05 bits per heavy atom. The standard InChI is InChI=1S/C16H21F2NO2/c1-11(10-20)9-19-15(21)16(6-2-3-7-16)13-5-4-12(17)8-14(13)18/h4-5,8,11,20H,2-3,6-7,9-10H2,1H3,(H,19,21). The summed E-state index contributed by atoms with van der Waals surface area (Å²) in [4.78, 5) is 12.6. The highest BCUT2D eigenvalue weighted by Crippen LogP contribution is 2.42. The molecule has 3 nitrogen and oxygen atoms in total. The minimum absolute atomic E-state index is 0.0157. The van der Waals surface area contributed by atoms with E-state index < -0.39 is 17.0 Å². The molecular weight excluding hydrogens is 276 g/mol. The van der Waals surface area contributed by atoms with Crippen LogP contribution in [0.2, 0.25) is 0 Å². The molecule has 0 radical (unpaired) electrons. The van der Waals surface area contributed by atoms with E-state index in [2.05, 4.69) is 5.32 Å². The average molecular weight is 297 g/mol. The SMILES string of the molecule is CC(CO)CNC(=O)C1(c2ccc(F)cc2F)CCCC1. The van der Waals surface area contributed by atoms with Crippen LogP contribution in [-0.4, -0.2) is 24.2 Å². The molecule has 0 heterocycles. The van der Waals surface area contributed by atoms with Crippen molar-refractivity contribution in [2.45, 2.75) is 38.0 Å². The average Bonchev–Trinajstić information content (AvgIpc) is 2.94. The molecule has 1 aromatic carbocycles. The van der Waals surface area contributed by atoms with Gasteiger partial charge in [-0.3, -0.25) is 4.79 Å². The zero-order chi connectivity index (χ0) is 15.5. The van der Waals surface area contributed by atoms with Crippen molar-refractivity contribution in [1.29, 1.82) is 0 Å². The van der Waals surface area contributed by atoms with E-state index in [9.17, 15) is 13.6 Å². The maximum absolute atomic E-state index is 14.1. The van der Waals surface area contributed by atoms with Crippen LogP contribution in [0.5, 0.6) is 0 Å². The highest BCUT2D eigenvalue weighted by molar-refractivity contribution is 5.88. The van der Waals surface area contributed by atoms with Crippen LogP contribution < -0.4 is 5.32 Å². The van der Waals surface area contributed by atoms with E-state index in [4.69, 9.17) is 5.11 Å². The minimum atomic E-state index is -0.910. The van der Waals surface area contributed by atoms with Crippen molar-refractivity contribution >= 4 is 5.91 Å². The maximum Gasteiger partial charge on any atom is 0.230 e. The number of hydrogen-bond donors (Lipinski definition) is 2. The smallest absolute Gasteiger partial charge is 0.230 e. The van der Waals surface area contributed by atoms with Crippen LogP contribution in [0, 0.1) is 17.6 Å². The first-order valence-corrected chi connectivity index (χ1v) is 7.34. The van der Waals surface area contributed by atoms with Crippen molar-refractivity contribution in [1.82, 2.24) is 5.32 Å². The summed E-state index contributed by atoms with van der Waals surface area (Å²) in [5.41, 5.74) is -0.636. The van der Waals surface area contributed by atoms with Crippen LogP contribution in [0.1, 0.15) is 38.2 Å². The number of rotatable bonds is 5. The third kappa shape index (κ3) is 3.23. The monoisotopic (exact) mass is 297 g/mol. The normalized spacial score (nSPS) is 18.5. The molecule has 1 aromatic rings. The van der Waals surface area contributed by atoms with E-state index in [1.54, 1.807) is 0 Å². The van der Waals surface area contributed by atoms with Crippen LogP contribution in [0.4, 0.5) is 8.78 Å². The fraction of sp³-hybridized carbons (Fsp3) is 0.562. The summed E-state index contributed by atoms with van der Waals surface area (Å²) >= 11 is 0. The molecule has 0 bridgehead atoms. The molecule has 1 atom stereocenters. The lowest BCUT2D eigenvalue weighted by molar-refractivity contribution is -0.127. The number of halogens is 2. The van der Waals surface area contributed by atoms with Gasteiger partial charge in [-0.05, 0) is 24.8 Å². The van der Waals surface area contributed by atoms with Crippen LogP contribution >= 0.6 is 0 Å². The fourth-order valence-corrected chi connectivity index (χ4v) is 2.98. The van der Waals surface area contributed by atoms with Crippen molar-refractivity contribution in [2.24, 2.45) is 5.92 Å². The van der Waals surface area contributed by atoms with Crippen molar-refractivity contribution in [3.8, 4) is 0 Å². The van der Waals surface area contributed by atoms with Crippen LogP contribution in [-0.2, 0) is 10.2 Å². The predicted molar refractivity (Wildman–Crippen MR) is 75.8 cm³/mol. The first-order chi connectivity index (χ1) is 9.99. The summed E-state index contributed by atoms with van der Waals surface area (Å²) in [5, 5.41) is 11.8. The lowest BCUT2D eigenvalue weighted by atomic mass is 9.77. The zero-order valence-corrected chi connectivity index (χ0v) is 12.2. The fourth-order valence-electron chi connectivity index (χ4n) is 2.98. The Morgan fingerprint density at radius 3 is 2.62 bits per heavy atom. The number of aliphatic hydroxyl groups excluding tert-OH is 1. The van der Waals surface area contributed by atoms with E-state index in [1.807, 2.05) is 6.92 Å². The molecule has 116 valence electrons. The van der Waals surface area contributed by atoms with Gasteiger partial charge in [0.05, 0.1) is 5.41 Å². The Bertz CT molecular complexity index is 513. The van der Waals surface area contributed by atoms with Gasteiger partial charge in [0.25, 0.3) is 0 Å². The second kappa shape index (κ2) is 6.52. The summed E-state index contributed by atoms with van der Waals surface area (Å²) in [6.45, 7) is 2.15. The predicted octanol–water partition coefficient (Wildman–Crippen LogP) is 2.52. The Kier molecular flexibility index (Phi) is 4.93. The summed E-state index contributed by atoms with van der Waals surface area (Å²) in [6, 6.07) is 3.41. The Morgan fingerprint density at radius 1 is 1.38 bits per heavy atom. The van der Waals surface area contributed by atoms with Gasteiger partial charge in [-0.1, -0.05) is 25.8 Å². The lowest BCUT2D eigenvalue weighted by Gasteiger charge is -2.29. The third-order valence-electron chi connectivity index (χ3n) is 4.26. The van der Waals surface area contributed by atoms with E-state index in [0.717, 1.165) is 18.9 Å². The molecule has 0 aliphatic heterocycles. The number of amides is 1. The van der Waals surface area contributed by atoms with Gasteiger partial charge in [0.2, 0.25) is 5.91 Å². The highest BCUT2D eigenvalue weighted by Gasteiger charge is 2.44. The summed E-state index contributed by atoms with van der Waals surface area (Å²) in [7, 11) is 0. The highest BCUT2D eigenvalue weighted by atomic mass is 19.1. The zero-order valence-electron chi connectivity index (χ0n) is 12.2. The molecule has 0 aromatic heterocycles. The van der Waals surface area contributed by atoms with Crippen LogP contribution in [0.25, 0.3) is 0 Å². The molecule has 2 N–H and O–H groups in total. The Balaban J connectivity index is 2.26. The van der Waals surface area contributed by atoms with Gasteiger partial charge >= 0.3 is 0 Å². The molecule has 0 saturated heterocycles. The Hall–Kier alpha value is -1.49. The second-order valence-corrected chi connectivity index (χ2v) is 5.91. The van der Waals surface area contributed by atoms with Gasteiger partial charge in [-0.25, -0.2) is 8.78 Å². The van der Waals surface area contributed by atoms with E-state index in [-0.39, 0.29) is 24.0 Å². The first-order valence-electron chi connectivity index (χ1n) is 7.34. The molecule has 21 heavy (non-hydrogen) atoms. The number of carbonyl (C=O) groups excluding carboxylic acids is 1. The van der Waals surface area contributed by atoms with Gasteiger partial charge in [0.15, 0.2) is 0 Å². The van der Waals surface area contributed by atoms with E-state index >= 15 is 0 Å². The molecule has 1 aliphatic carbocycles.